The van der Waals surface area contributed by atoms with E-state index in [9.17, 15) is 4.79 Å². The molecule has 1 fully saturated rings. The van der Waals surface area contributed by atoms with Gasteiger partial charge in [0.05, 0.1) is 13.0 Å². The molecule has 2 aromatic rings. The molecule has 0 spiro atoms. The summed E-state index contributed by atoms with van der Waals surface area (Å²) >= 11 is 6.59. The fourth-order valence-electron chi connectivity index (χ4n) is 4.31. The third-order valence-corrected chi connectivity index (χ3v) is 6.01. The fraction of sp³-hybridized carbons (Fsp3) is 0.318. The van der Waals surface area contributed by atoms with Gasteiger partial charge in [0, 0.05) is 17.5 Å². The average Bonchev–Trinajstić information content (AvgIpc) is 3.03. The Labute approximate surface area is 159 Å². The molecule has 0 bridgehead atoms. The standard InChI is InChI=1S/C22H22ClNO2/c1-13-3-5-14(6-4-13)21-17(9-10-18-19(21)12-24-22(18)25)16-8-7-15(26-2)11-20(16)23/h3-11,17-19,21H,12H2,1-2H3,(H,24,25). The van der Waals surface area contributed by atoms with E-state index >= 15 is 0 Å². The zero-order valence-electron chi connectivity index (χ0n) is 14.9. The van der Waals surface area contributed by atoms with E-state index in [1.165, 1.54) is 11.1 Å². The van der Waals surface area contributed by atoms with Crippen LogP contribution in [0, 0.1) is 18.8 Å². The number of benzene rings is 2. The maximum atomic E-state index is 12.2. The van der Waals surface area contributed by atoms with E-state index in [0.29, 0.717) is 11.6 Å². The number of rotatable bonds is 3. The molecule has 0 saturated carbocycles. The van der Waals surface area contributed by atoms with Gasteiger partial charge < -0.3 is 10.1 Å². The van der Waals surface area contributed by atoms with Crippen LogP contribution in [-0.2, 0) is 4.79 Å². The first-order chi connectivity index (χ1) is 12.6. The first-order valence-electron chi connectivity index (χ1n) is 8.94. The van der Waals surface area contributed by atoms with Crippen molar-refractivity contribution in [1.82, 2.24) is 5.32 Å². The Morgan fingerprint density at radius 3 is 2.50 bits per heavy atom. The number of nitrogens with one attached hydrogen (secondary N) is 1. The van der Waals surface area contributed by atoms with E-state index < -0.39 is 0 Å². The van der Waals surface area contributed by atoms with Gasteiger partial charge in [-0.15, -0.1) is 0 Å². The number of methoxy groups -OCH3 is 1. The average molecular weight is 368 g/mol. The molecule has 0 radical (unpaired) electrons. The lowest BCUT2D eigenvalue weighted by molar-refractivity contribution is -0.121. The van der Waals surface area contributed by atoms with E-state index in [1.54, 1.807) is 7.11 Å². The molecule has 4 unspecified atom stereocenters. The SMILES string of the molecule is COc1ccc(C2C=CC3C(=O)NCC3C2c2ccc(C)cc2)c(Cl)c1. The van der Waals surface area contributed by atoms with Crippen LogP contribution in [0.5, 0.6) is 5.75 Å². The third-order valence-electron chi connectivity index (χ3n) is 5.68. The van der Waals surface area contributed by atoms with Crippen LogP contribution in [0.2, 0.25) is 5.02 Å². The van der Waals surface area contributed by atoms with Gasteiger partial charge >= 0.3 is 0 Å². The van der Waals surface area contributed by atoms with Gasteiger partial charge in [-0.2, -0.15) is 0 Å². The molecule has 1 aliphatic heterocycles. The number of allylic oxidation sites excluding steroid dienone is 1. The minimum atomic E-state index is -0.0606. The molecule has 1 aliphatic carbocycles. The first-order valence-corrected chi connectivity index (χ1v) is 9.32. The molecule has 1 heterocycles. The molecule has 1 N–H and O–H groups in total. The van der Waals surface area contributed by atoms with Crippen LogP contribution in [-0.4, -0.2) is 19.6 Å². The van der Waals surface area contributed by atoms with Crippen LogP contribution in [0.1, 0.15) is 28.5 Å². The molecule has 4 atom stereocenters. The molecule has 2 aliphatic rings. The zero-order chi connectivity index (χ0) is 18.3. The van der Waals surface area contributed by atoms with Crippen LogP contribution in [0.3, 0.4) is 0 Å². The van der Waals surface area contributed by atoms with Gasteiger partial charge in [-0.1, -0.05) is 59.6 Å². The molecule has 1 amide bonds. The molecular weight excluding hydrogens is 346 g/mol. The molecule has 26 heavy (non-hydrogen) atoms. The summed E-state index contributed by atoms with van der Waals surface area (Å²) in [6, 6.07) is 14.5. The molecule has 3 nitrogen and oxygen atoms in total. The molecule has 134 valence electrons. The summed E-state index contributed by atoms with van der Waals surface area (Å²) in [6.45, 7) is 2.79. The van der Waals surface area contributed by atoms with Crippen LogP contribution in [0.25, 0.3) is 0 Å². The smallest absolute Gasteiger partial charge is 0.227 e. The Balaban J connectivity index is 1.81. The Kier molecular flexibility index (Phi) is 4.49. The van der Waals surface area contributed by atoms with E-state index in [0.717, 1.165) is 11.3 Å². The number of carbonyl (C=O) groups is 1. The summed E-state index contributed by atoms with van der Waals surface area (Å²) in [7, 11) is 1.64. The number of hydrogen-bond donors (Lipinski definition) is 1. The Morgan fingerprint density at radius 1 is 1.08 bits per heavy atom. The van der Waals surface area contributed by atoms with Gasteiger partial charge in [0.15, 0.2) is 0 Å². The second-order valence-electron chi connectivity index (χ2n) is 7.17. The van der Waals surface area contributed by atoms with Gasteiger partial charge in [0.2, 0.25) is 5.91 Å². The van der Waals surface area contributed by atoms with Crippen molar-refractivity contribution >= 4 is 17.5 Å². The Morgan fingerprint density at radius 2 is 1.81 bits per heavy atom. The lowest BCUT2D eigenvalue weighted by Crippen LogP contribution is -2.29. The van der Waals surface area contributed by atoms with Crippen molar-refractivity contribution in [2.24, 2.45) is 11.8 Å². The van der Waals surface area contributed by atoms with E-state index in [4.69, 9.17) is 16.3 Å². The molecule has 4 heteroatoms. The number of ether oxygens (including phenoxy) is 1. The second-order valence-corrected chi connectivity index (χ2v) is 7.58. The van der Waals surface area contributed by atoms with Crippen molar-refractivity contribution in [1.29, 1.82) is 0 Å². The van der Waals surface area contributed by atoms with Crippen molar-refractivity contribution in [2.75, 3.05) is 13.7 Å². The summed E-state index contributed by atoms with van der Waals surface area (Å²) in [5, 5.41) is 3.74. The van der Waals surface area contributed by atoms with E-state index in [1.807, 2.05) is 18.2 Å². The van der Waals surface area contributed by atoms with Gasteiger partial charge in [0.1, 0.15) is 5.75 Å². The summed E-state index contributed by atoms with van der Waals surface area (Å²) in [5.74, 6) is 1.39. The highest BCUT2D eigenvalue weighted by Crippen LogP contribution is 2.49. The maximum Gasteiger partial charge on any atom is 0.227 e. The number of hydrogen-bond acceptors (Lipinski definition) is 2. The van der Waals surface area contributed by atoms with Crippen molar-refractivity contribution in [3.63, 3.8) is 0 Å². The highest BCUT2D eigenvalue weighted by molar-refractivity contribution is 6.31. The summed E-state index contributed by atoms with van der Waals surface area (Å²) < 4.78 is 5.29. The Bertz CT molecular complexity index is 859. The summed E-state index contributed by atoms with van der Waals surface area (Å²) in [6.07, 6.45) is 4.22. The zero-order valence-corrected chi connectivity index (χ0v) is 15.7. The minimum Gasteiger partial charge on any atom is -0.497 e. The van der Waals surface area contributed by atoms with Gasteiger partial charge in [-0.3, -0.25) is 4.79 Å². The van der Waals surface area contributed by atoms with Crippen molar-refractivity contribution in [2.45, 2.75) is 18.8 Å². The summed E-state index contributed by atoms with van der Waals surface area (Å²) in [4.78, 5) is 12.2. The number of halogens is 1. The van der Waals surface area contributed by atoms with Crippen molar-refractivity contribution in [3.8, 4) is 5.75 Å². The largest absolute Gasteiger partial charge is 0.497 e. The van der Waals surface area contributed by atoms with Crippen molar-refractivity contribution < 1.29 is 9.53 Å². The topological polar surface area (TPSA) is 38.3 Å². The quantitative estimate of drug-likeness (QED) is 0.813. The first kappa shape index (κ1) is 17.2. The predicted molar refractivity (Wildman–Crippen MR) is 104 cm³/mol. The highest BCUT2D eigenvalue weighted by atomic mass is 35.5. The second kappa shape index (κ2) is 6.81. The van der Waals surface area contributed by atoms with Crippen LogP contribution in [0.15, 0.2) is 54.6 Å². The predicted octanol–water partition coefficient (Wildman–Crippen LogP) is 4.46. The molecule has 4 rings (SSSR count). The molecule has 0 aromatic heterocycles. The number of fused-ring (bicyclic) bond motifs is 1. The normalized spacial score (nSPS) is 27.1. The molecule has 1 saturated heterocycles. The monoisotopic (exact) mass is 367 g/mol. The van der Waals surface area contributed by atoms with Crippen LogP contribution in [0.4, 0.5) is 0 Å². The number of aryl methyl sites for hydroxylation is 1. The summed E-state index contributed by atoms with van der Waals surface area (Å²) in [5.41, 5.74) is 3.56. The Hall–Kier alpha value is -2.26. The van der Waals surface area contributed by atoms with Crippen LogP contribution >= 0.6 is 11.6 Å². The lowest BCUT2D eigenvalue weighted by atomic mass is 9.66. The maximum absolute atomic E-state index is 12.2. The molecule has 2 aromatic carbocycles. The fourth-order valence-corrected chi connectivity index (χ4v) is 4.61. The minimum absolute atomic E-state index is 0.0606. The highest BCUT2D eigenvalue weighted by Gasteiger charge is 2.44. The van der Waals surface area contributed by atoms with Crippen LogP contribution < -0.4 is 10.1 Å². The molecular formula is C22H22ClNO2. The third kappa shape index (κ3) is 2.90. The lowest BCUT2D eigenvalue weighted by Gasteiger charge is -2.36. The number of carbonyl (C=O) groups excluding carboxylic acids is 1. The van der Waals surface area contributed by atoms with Gasteiger partial charge in [-0.05, 0) is 42.0 Å². The number of amides is 1. The van der Waals surface area contributed by atoms with Gasteiger partial charge in [0.25, 0.3) is 0 Å². The van der Waals surface area contributed by atoms with E-state index in [-0.39, 0.29) is 29.6 Å². The van der Waals surface area contributed by atoms with E-state index in [2.05, 4.69) is 48.7 Å². The van der Waals surface area contributed by atoms with Gasteiger partial charge in [-0.25, -0.2) is 0 Å². The van der Waals surface area contributed by atoms with Crippen molar-refractivity contribution in [3.05, 3.63) is 76.3 Å².